The van der Waals surface area contributed by atoms with Gasteiger partial charge in [0.25, 0.3) is 0 Å². The van der Waals surface area contributed by atoms with Crippen LogP contribution in [-0.4, -0.2) is 13.0 Å². The highest BCUT2D eigenvalue weighted by Gasteiger charge is 2.19. The molecular weight excluding hydrogens is 126 g/mol. The molecule has 1 N–H and O–H groups in total. The van der Waals surface area contributed by atoms with E-state index in [1.54, 1.807) is 7.05 Å². The Morgan fingerprint density at radius 2 is 1.80 bits per heavy atom. The van der Waals surface area contributed by atoms with Gasteiger partial charge < -0.3 is 5.32 Å². The zero-order valence-corrected chi connectivity index (χ0v) is 7.12. The van der Waals surface area contributed by atoms with E-state index in [1.165, 1.54) is 0 Å². The second-order valence-electron chi connectivity index (χ2n) is 3.31. The lowest BCUT2D eigenvalue weighted by atomic mass is 9.87. The Kier molecular flexibility index (Phi) is 2.64. The number of likely N-dealkylation sites (N-methyl/N-ethyl adjacent to an activating group) is 1. The van der Waals surface area contributed by atoms with Crippen LogP contribution < -0.4 is 5.32 Å². The summed E-state index contributed by atoms with van der Waals surface area (Å²) in [6, 6.07) is 0. The lowest BCUT2D eigenvalue weighted by molar-refractivity contribution is -0.117. The number of carbonyl (C=O) groups is 1. The minimum atomic E-state index is -0.125. The molecule has 0 atom stereocenters. The van der Waals surface area contributed by atoms with Crippen LogP contribution in [0, 0.1) is 5.41 Å². The molecular formula is C8H15NO. The number of amides is 1. The van der Waals surface area contributed by atoms with E-state index >= 15 is 0 Å². The van der Waals surface area contributed by atoms with E-state index < -0.39 is 0 Å². The summed E-state index contributed by atoms with van der Waals surface area (Å²) in [5, 5.41) is 2.53. The molecule has 0 fully saturated rings. The van der Waals surface area contributed by atoms with E-state index in [-0.39, 0.29) is 11.3 Å². The van der Waals surface area contributed by atoms with Crippen LogP contribution >= 0.6 is 0 Å². The molecule has 0 aromatic rings. The molecule has 0 rings (SSSR count). The molecule has 0 aromatic heterocycles. The molecule has 0 spiro atoms. The fourth-order valence-electron chi connectivity index (χ4n) is 0.491. The summed E-state index contributed by atoms with van der Waals surface area (Å²) < 4.78 is 0. The van der Waals surface area contributed by atoms with E-state index in [1.807, 2.05) is 20.8 Å². The van der Waals surface area contributed by atoms with Crippen LogP contribution in [0.1, 0.15) is 20.8 Å². The van der Waals surface area contributed by atoms with Gasteiger partial charge in [0.05, 0.1) is 0 Å². The van der Waals surface area contributed by atoms with Crippen molar-refractivity contribution in [2.24, 2.45) is 5.41 Å². The van der Waals surface area contributed by atoms with Crippen molar-refractivity contribution < 1.29 is 4.79 Å². The zero-order chi connectivity index (χ0) is 8.36. The van der Waals surface area contributed by atoms with Crippen LogP contribution in [-0.2, 0) is 4.79 Å². The molecule has 2 heteroatoms. The van der Waals surface area contributed by atoms with Gasteiger partial charge in [0.2, 0.25) is 5.91 Å². The smallest absolute Gasteiger partial charge is 0.246 e. The van der Waals surface area contributed by atoms with E-state index in [0.29, 0.717) is 5.57 Å². The summed E-state index contributed by atoms with van der Waals surface area (Å²) in [4.78, 5) is 10.9. The monoisotopic (exact) mass is 141 g/mol. The fraction of sp³-hybridized carbons (Fsp3) is 0.625. The summed E-state index contributed by atoms with van der Waals surface area (Å²) >= 11 is 0. The minimum absolute atomic E-state index is 0.0764. The van der Waals surface area contributed by atoms with Crippen molar-refractivity contribution in [2.45, 2.75) is 20.8 Å². The van der Waals surface area contributed by atoms with Crippen molar-refractivity contribution in [3.63, 3.8) is 0 Å². The largest absolute Gasteiger partial charge is 0.355 e. The maximum Gasteiger partial charge on any atom is 0.246 e. The van der Waals surface area contributed by atoms with Crippen LogP contribution in [0.2, 0.25) is 0 Å². The predicted molar refractivity (Wildman–Crippen MR) is 42.7 cm³/mol. The van der Waals surface area contributed by atoms with Gasteiger partial charge in [-0.15, -0.1) is 0 Å². The molecule has 0 heterocycles. The Hall–Kier alpha value is -0.790. The van der Waals surface area contributed by atoms with Gasteiger partial charge >= 0.3 is 0 Å². The van der Waals surface area contributed by atoms with E-state index in [0.717, 1.165) is 0 Å². The molecule has 0 aliphatic carbocycles. The molecule has 0 aliphatic rings. The van der Waals surface area contributed by atoms with Crippen LogP contribution in [0.4, 0.5) is 0 Å². The van der Waals surface area contributed by atoms with Crippen molar-refractivity contribution in [3.8, 4) is 0 Å². The van der Waals surface area contributed by atoms with Crippen LogP contribution in [0.3, 0.4) is 0 Å². The van der Waals surface area contributed by atoms with Gasteiger partial charge in [-0.2, -0.15) is 0 Å². The molecule has 58 valence electrons. The third kappa shape index (κ3) is 2.21. The van der Waals surface area contributed by atoms with E-state index in [2.05, 4.69) is 11.9 Å². The molecule has 2 nitrogen and oxygen atoms in total. The van der Waals surface area contributed by atoms with Crippen molar-refractivity contribution in [3.05, 3.63) is 12.2 Å². The van der Waals surface area contributed by atoms with Crippen LogP contribution in [0.25, 0.3) is 0 Å². The Morgan fingerprint density at radius 1 is 1.40 bits per heavy atom. The van der Waals surface area contributed by atoms with E-state index in [4.69, 9.17) is 0 Å². The Morgan fingerprint density at radius 3 is 1.90 bits per heavy atom. The van der Waals surface area contributed by atoms with Gasteiger partial charge in [-0.25, -0.2) is 0 Å². The molecule has 0 radical (unpaired) electrons. The van der Waals surface area contributed by atoms with Gasteiger partial charge in [-0.1, -0.05) is 27.4 Å². The van der Waals surface area contributed by atoms with Crippen molar-refractivity contribution in [1.82, 2.24) is 5.32 Å². The topological polar surface area (TPSA) is 29.1 Å². The molecule has 0 bridgehead atoms. The first-order valence-electron chi connectivity index (χ1n) is 3.31. The molecule has 0 aliphatic heterocycles. The lowest BCUT2D eigenvalue weighted by Gasteiger charge is -2.19. The van der Waals surface area contributed by atoms with Crippen LogP contribution in [0.5, 0.6) is 0 Å². The summed E-state index contributed by atoms with van der Waals surface area (Å²) in [7, 11) is 1.61. The van der Waals surface area contributed by atoms with Gasteiger partial charge in [0, 0.05) is 12.6 Å². The summed E-state index contributed by atoms with van der Waals surface area (Å²) in [6.07, 6.45) is 0. The van der Waals surface area contributed by atoms with Gasteiger partial charge in [0.1, 0.15) is 0 Å². The molecule has 0 saturated carbocycles. The van der Waals surface area contributed by atoms with Crippen molar-refractivity contribution >= 4 is 5.91 Å². The number of hydrogen-bond acceptors (Lipinski definition) is 1. The zero-order valence-electron chi connectivity index (χ0n) is 7.12. The minimum Gasteiger partial charge on any atom is -0.355 e. The number of carbonyl (C=O) groups excluding carboxylic acids is 1. The Balaban J connectivity index is 4.24. The standard InChI is InChI=1S/C8H15NO/c1-6(7(10)9-5)8(2,3)4/h1H2,2-5H3,(H,9,10). The normalized spacial score (nSPS) is 10.8. The first-order valence-corrected chi connectivity index (χ1v) is 3.31. The predicted octanol–water partition coefficient (Wildman–Crippen LogP) is 1.33. The second kappa shape index (κ2) is 2.86. The average Bonchev–Trinajstić information content (AvgIpc) is 1.83. The maximum absolute atomic E-state index is 10.9. The quantitative estimate of drug-likeness (QED) is 0.548. The molecule has 0 unspecified atom stereocenters. The summed E-state index contributed by atoms with van der Waals surface area (Å²) in [5.41, 5.74) is 0.495. The highest BCUT2D eigenvalue weighted by atomic mass is 16.1. The highest BCUT2D eigenvalue weighted by Crippen LogP contribution is 2.22. The molecule has 0 saturated heterocycles. The second-order valence-corrected chi connectivity index (χ2v) is 3.31. The van der Waals surface area contributed by atoms with Crippen LogP contribution in [0.15, 0.2) is 12.2 Å². The molecule has 1 amide bonds. The Labute approximate surface area is 62.3 Å². The first-order chi connectivity index (χ1) is 4.39. The number of nitrogens with one attached hydrogen (secondary N) is 1. The highest BCUT2D eigenvalue weighted by molar-refractivity contribution is 5.93. The molecule has 0 aromatic carbocycles. The Bertz CT molecular complexity index is 153. The van der Waals surface area contributed by atoms with Gasteiger partial charge in [0.15, 0.2) is 0 Å². The van der Waals surface area contributed by atoms with Gasteiger partial charge in [-0.3, -0.25) is 4.79 Å². The maximum atomic E-state index is 10.9. The first kappa shape index (κ1) is 9.21. The third-order valence-electron chi connectivity index (χ3n) is 1.41. The fourth-order valence-corrected chi connectivity index (χ4v) is 0.491. The average molecular weight is 141 g/mol. The van der Waals surface area contributed by atoms with Gasteiger partial charge in [-0.05, 0) is 5.41 Å². The third-order valence-corrected chi connectivity index (χ3v) is 1.41. The van der Waals surface area contributed by atoms with E-state index in [9.17, 15) is 4.79 Å². The number of rotatable bonds is 1. The summed E-state index contributed by atoms with van der Waals surface area (Å²) in [6.45, 7) is 9.57. The van der Waals surface area contributed by atoms with Crippen molar-refractivity contribution in [2.75, 3.05) is 7.05 Å². The van der Waals surface area contributed by atoms with Crippen molar-refractivity contribution in [1.29, 1.82) is 0 Å². The SMILES string of the molecule is C=C(C(=O)NC)C(C)(C)C. The molecule has 10 heavy (non-hydrogen) atoms. The lowest BCUT2D eigenvalue weighted by Crippen LogP contribution is -2.26. The number of hydrogen-bond donors (Lipinski definition) is 1. The summed E-state index contributed by atoms with van der Waals surface area (Å²) in [5.74, 6) is -0.0764.